The fourth-order valence-electron chi connectivity index (χ4n) is 2.14. The first-order valence-corrected chi connectivity index (χ1v) is 5.94. The highest BCUT2D eigenvalue weighted by Gasteiger charge is 2.18. The fraction of sp³-hybridized carbons (Fsp3) is 0.500. The smallest absolute Gasteiger partial charge is 0.277 e. The van der Waals surface area contributed by atoms with Gasteiger partial charge in [-0.3, -0.25) is 14.3 Å². The fourth-order valence-corrected chi connectivity index (χ4v) is 2.40. The standard InChI is InChI=1S/C10H12N4O2S/c15-9-7-8(12-5-11-7)14(10(17)13-9)4-6-2-1-3-16-6/h5-6H,1-4H2,(H,11,12)(H,13,15,17)/t6-/m1/s1. The van der Waals surface area contributed by atoms with Crippen molar-refractivity contribution < 1.29 is 4.74 Å². The number of aromatic amines is 2. The highest BCUT2D eigenvalue weighted by molar-refractivity contribution is 7.71. The second kappa shape index (κ2) is 4.08. The molecule has 2 aromatic heterocycles. The second-order valence-corrected chi connectivity index (χ2v) is 4.49. The lowest BCUT2D eigenvalue weighted by Gasteiger charge is -2.12. The predicted molar refractivity (Wildman–Crippen MR) is 64.5 cm³/mol. The largest absolute Gasteiger partial charge is 0.376 e. The van der Waals surface area contributed by atoms with E-state index in [0.717, 1.165) is 19.4 Å². The molecule has 0 radical (unpaired) electrons. The minimum Gasteiger partial charge on any atom is -0.376 e. The minimum atomic E-state index is -0.230. The van der Waals surface area contributed by atoms with Gasteiger partial charge in [-0.25, -0.2) is 4.98 Å². The lowest BCUT2D eigenvalue weighted by atomic mass is 10.2. The number of aromatic nitrogens is 4. The Balaban J connectivity index is 2.11. The van der Waals surface area contributed by atoms with Gasteiger partial charge in [0.05, 0.1) is 19.0 Å². The summed E-state index contributed by atoms with van der Waals surface area (Å²) in [5.74, 6) is 0. The number of imidazole rings is 1. The van der Waals surface area contributed by atoms with Gasteiger partial charge < -0.3 is 9.72 Å². The lowest BCUT2D eigenvalue weighted by molar-refractivity contribution is 0.0972. The third kappa shape index (κ3) is 1.81. The molecule has 1 atom stereocenters. The number of hydrogen-bond acceptors (Lipinski definition) is 4. The Morgan fingerprint density at radius 1 is 1.65 bits per heavy atom. The first-order chi connectivity index (χ1) is 8.25. The van der Waals surface area contributed by atoms with Crippen LogP contribution in [0.3, 0.4) is 0 Å². The summed E-state index contributed by atoms with van der Waals surface area (Å²) in [7, 11) is 0. The van der Waals surface area contributed by atoms with E-state index in [2.05, 4.69) is 15.0 Å². The second-order valence-electron chi connectivity index (χ2n) is 4.11. The zero-order chi connectivity index (χ0) is 11.8. The van der Waals surface area contributed by atoms with Gasteiger partial charge in [-0.2, -0.15) is 0 Å². The van der Waals surface area contributed by atoms with E-state index in [1.54, 1.807) is 0 Å². The number of rotatable bonds is 2. The number of nitrogens with one attached hydrogen (secondary N) is 2. The molecule has 90 valence electrons. The molecule has 2 N–H and O–H groups in total. The molecule has 1 aliphatic rings. The van der Waals surface area contributed by atoms with Crippen LogP contribution in [0, 0.1) is 4.77 Å². The Labute approximate surface area is 102 Å². The van der Waals surface area contributed by atoms with Gasteiger partial charge in [0.25, 0.3) is 5.56 Å². The molecule has 3 heterocycles. The van der Waals surface area contributed by atoms with Gasteiger partial charge in [-0.1, -0.05) is 0 Å². The number of hydrogen-bond donors (Lipinski definition) is 2. The van der Waals surface area contributed by atoms with Crippen molar-refractivity contribution in [1.82, 2.24) is 19.5 Å². The van der Waals surface area contributed by atoms with Crippen molar-refractivity contribution in [3.8, 4) is 0 Å². The molecule has 0 bridgehead atoms. The van der Waals surface area contributed by atoms with Crippen molar-refractivity contribution in [1.29, 1.82) is 0 Å². The van der Waals surface area contributed by atoms with E-state index in [9.17, 15) is 4.79 Å². The zero-order valence-electron chi connectivity index (χ0n) is 9.10. The third-order valence-corrected chi connectivity index (χ3v) is 3.30. The molecule has 0 aromatic carbocycles. The van der Waals surface area contributed by atoms with Gasteiger partial charge in [0.1, 0.15) is 5.52 Å². The summed E-state index contributed by atoms with van der Waals surface area (Å²) in [4.78, 5) is 21.2. The van der Waals surface area contributed by atoms with Crippen molar-refractivity contribution in [3.63, 3.8) is 0 Å². The van der Waals surface area contributed by atoms with Crippen molar-refractivity contribution in [2.45, 2.75) is 25.5 Å². The monoisotopic (exact) mass is 252 g/mol. The Morgan fingerprint density at radius 3 is 3.29 bits per heavy atom. The molecule has 6 nitrogen and oxygen atoms in total. The maximum absolute atomic E-state index is 11.6. The molecule has 3 rings (SSSR count). The SMILES string of the molecule is O=c1[nH]c(=S)n(C[C@H]2CCCO2)c2nc[nH]c12. The van der Waals surface area contributed by atoms with Gasteiger partial charge in [-0.15, -0.1) is 0 Å². The Kier molecular flexibility index (Phi) is 2.56. The lowest BCUT2D eigenvalue weighted by Crippen LogP contribution is -2.20. The number of ether oxygens (including phenoxy) is 1. The topological polar surface area (TPSA) is 75.7 Å². The molecule has 0 amide bonds. The van der Waals surface area contributed by atoms with Crippen LogP contribution in [0.15, 0.2) is 11.1 Å². The number of nitrogens with zero attached hydrogens (tertiary/aromatic N) is 2. The van der Waals surface area contributed by atoms with E-state index in [1.165, 1.54) is 6.33 Å². The van der Waals surface area contributed by atoms with Gasteiger partial charge in [0.2, 0.25) is 0 Å². The molecule has 7 heteroatoms. The van der Waals surface area contributed by atoms with Crippen LogP contribution in [0.5, 0.6) is 0 Å². The number of H-pyrrole nitrogens is 2. The van der Waals surface area contributed by atoms with Crippen LogP contribution in [0.25, 0.3) is 11.2 Å². The summed E-state index contributed by atoms with van der Waals surface area (Å²) in [6.07, 6.45) is 3.76. The summed E-state index contributed by atoms with van der Waals surface area (Å²) >= 11 is 5.17. The van der Waals surface area contributed by atoms with Crippen molar-refractivity contribution in [2.24, 2.45) is 0 Å². The number of fused-ring (bicyclic) bond motifs is 1. The Morgan fingerprint density at radius 2 is 2.53 bits per heavy atom. The van der Waals surface area contributed by atoms with Crippen molar-refractivity contribution in [2.75, 3.05) is 6.61 Å². The molecular weight excluding hydrogens is 240 g/mol. The summed E-state index contributed by atoms with van der Waals surface area (Å²) in [5.41, 5.74) is 0.817. The molecule has 0 saturated carbocycles. The van der Waals surface area contributed by atoms with E-state index >= 15 is 0 Å². The van der Waals surface area contributed by atoms with Crippen molar-refractivity contribution in [3.05, 3.63) is 21.5 Å². The maximum atomic E-state index is 11.6. The van der Waals surface area contributed by atoms with Gasteiger partial charge in [0.15, 0.2) is 10.4 Å². The van der Waals surface area contributed by atoms with Crippen LogP contribution in [-0.2, 0) is 11.3 Å². The van der Waals surface area contributed by atoms with Crippen LogP contribution in [0.4, 0.5) is 0 Å². The summed E-state index contributed by atoms with van der Waals surface area (Å²) in [6.45, 7) is 1.43. The highest BCUT2D eigenvalue weighted by atomic mass is 32.1. The minimum absolute atomic E-state index is 0.160. The average molecular weight is 252 g/mol. The van der Waals surface area contributed by atoms with Crippen LogP contribution < -0.4 is 5.56 Å². The van der Waals surface area contributed by atoms with Crippen molar-refractivity contribution >= 4 is 23.4 Å². The van der Waals surface area contributed by atoms with Crippen LogP contribution in [0.2, 0.25) is 0 Å². The summed E-state index contributed by atoms with van der Waals surface area (Å²) in [6, 6.07) is 0. The maximum Gasteiger partial charge on any atom is 0.277 e. The summed E-state index contributed by atoms with van der Waals surface area (Å²) in [5, 5.41) is 0. The van der Waals surface area contributed by atoms with E-state index in [0.29, 0.717) is 22.5 Å². The van der Waals surface area contributed by atoms with Gasteiger partial charge >= 0.3 is 0 Å². The Bertz CT molecular complexity index is 650. The first kappa shape index (κ1) is 10.7. The first-order valence-electron chi connectivity index (χ1n) is 5.53. The molecule has 0 aliphatic carbocycles. The van der Waals surface area contributed by atoms with E-state index in [4.69, 9.17) is 17.0 Å². The summed E-state index contributed by atoms with van der Waals surface area (Å²) < 4.78 is 7.78. The molecule has 0 unspecified atom stereocenters. The van der Waals surface area contributed by atoms with Crippen LogP contribution in [-0.4, -0.2) is 32.2 Å². The average Bonchev–Trinajstić information content (AvgIpc) is 2.95. The zero-order valence-corrected chi connectivity index (χ0v) is 9.92. The quantitative estimate of drug-likeness (QED) is 0.781. The van der Waals surface area contributed by atoms with E-state index < -0.39 is 0 Å². The predicted octanol–water partition coefficient (Wildman–Crippen LogP) is 0.961. The van der Waals surface area contributed by atoms with Gasteiger partial charge in [0, 0.05) is 6.61 Å². The van der Waals surface area contributed by atoms with E-state index in [-0.39, 0.29) is 11.7 Å². The normalized spacial score (nSPS) is 20.1. The molecule has 0 spiro atoms. The van der Waals surface area contributed by atoms with Crippen LogP contribution >= 0.6 is 12.2 Å². The Hall–Kier alpha value is -1.47. The molecule has 1 fully saturated rings. The third-order valence-electron chi connectivity index (χ3n) is 2.98. The van der Waals surface area contributed by atoms with Gasteiger partial charge in [-0.05, 0) is 25.1 Å². The highest BCUT2D eigenvalue weighted by Crippen LogP contribution is 2.15. The molecule has 2 aromatic rings. The molecular formula is C10H12N4O2S. The molecule has 1 aliphatic heterocycles. The van der Waals surface area contributed by atoms with Crippen LogP contribution in [0.1, 0.15) is 12.8 Å². The van der Waals surface area contributed by atoms with E-state index in [1.807, 2.05) is 4.57 Å². The molecule has 17 heavy (non-hydrogen) atoms. The molecule has 1 saturated heterocycles.